The first kappa shape index (κ1) is 14.0. The molecule has 0 aliphatic rings. The molecule has 0 saturated carbocycles. The molecule has 102 valence electrons. The Kier molecular flexibility index (Phi) is 4.22. The number of nitrogens with one attached hydrogen (secondary N) is 1. The van der Waals surface area contributed by atoms with Crippen LogP contribution in [0, 0.1) is 5.92 Å². The third kappa shape index (κ3) is 3.14. The molecule has 2 aromatic carbocycles. The lowest BCUT2D eigenvalue weighted by Gasteiger charge is -2.12. The van der Waals surface area contributed by atoms with E-state index in [1.807, 2.05) is 37.3 Å². The van der Waals surface area contributed by atoms with Crippen molar-refractivity contribution < 1.29 is 8.42 Å². The molecule has 0 saturated heterocycles. The van der Waals surface area contributed by atoms with Gasteiger partial charge in [0.2, 0.25) is 10.0 Å². The Morgan fingerprint density at radius 3 is 2.53 bits per heavy atom. The maximum absolute atomic E-state index is 12.4. The van der Waals surface area contributed by atoms with Crippen molar-refractivity contribution in [2.45, 2.75) is 25.2 Å². The molecule has 0 heterocycles. The fourth-order valence-corrected chi connectivity index (χ4v) is 3.30. The third-order valence-corrected chi connectivity index (χ3v) is 4.84. The highest BCUT2D eigenvalue weighted by Crippen LogP contribution is 2.22. The molecule has 0 fully saturated rings. The number of rotatable bonds is 5. The largest absolute Gasteiger partial charge is 0.241 e. The maximum Gasteiger partial charge on any atom is 0.241 e. The summed E-state index contributed by atoms with van der Waals surface area (Å²) in [6, 6.07) is 12.9. The third-order valence-electron chi connectivity index (χ3n) is 3.36. The van der Waals surface area contributed by atoms with Crippen LogP contribution in [0.1, 0.15) is 20.3 Å². The van der Waals surface area contributed by atoms with Crippen LogP contribution in [0.2, 0.25) is 0 Å². The van der Waals surface area contributed by atoms with Gasteiger partial charge in [0.05, 0.1) is 4.90 Å². The van der Waals surface area contributed by atoms with E-state index in [0.717, 1.165) is 17.2 Å². The molecule has 1 N–H and O–H groups in total. The minimum atomic E-state index is -3.44. The molecule has 2 rings (SSSR count). The molecule has 4 heteroatoms. The van der Waals surface area contributed by atoms with Gasteiger partial charge in [0.1, 0.15) is 0 Å². The van der Waals surface area contributed by atoms with Crippen LogP contribution < -0.4 is 4.72 Å². The Bertz CT molecular complexity index is 659. The molecule has 0 aromatic heterocycles. The van der Waals surface area contributed by atoms with Crippen molar-refractivity contribution in [2.24, 2.45) is 5.92 Å². The Balaban J connectivity index is 2.38. The highest BCUT2D eigenvalue weighted by atomic mass is 32.2. The van der Waals surface area contributed by atoms with E-state index in [-0.39, 0.29) is 0 Å². The summed E-state index contributed by atoms with van der Waals surface area (Å²) in [7, 11) is -3.44. The van der Waals surface area contributed by atoms with Crippen LogP contribution in [0.5, 0.6) is 0 Å². The summed E-state index contributed by atoms with van der Waals surface area (Å²) in [5, 5.41) is 1.70. The lowest BCUT2D eigenvalue weighted by atomic mass is 10.1. The van der Waals surface area contributed by atoms with Crippen molar-refractivity contribution in [3.05, 3.63) is 42.5 Å². The predicted octanol–water partition coefficient (Wildman–Crippen LogP) is 3.16. The Morgan fingerprint density at radius 1 is 1.11 bits per heavy atom. The van der Waals surface area contributed by atoms with Crippen molar-refractivity contribution in [3.63, 3.8) is 0 Å². The van der Waals surface area contributed by atoms with Crippen LogP contribution in [0.4, 0.5) is 0 Å². The average molecular weight is 277 g/mol. The highest BCUT2D eigenvalue weighted by molar-refractivity contribution is 7.89. The van der Waals surface area contributed by atoms with E-state index in [1.54, 1.807) is 12.1 Å². The summed E-state index contributed by atoms with van der Waals surface area (Å²) in [6.45, 7) is 4.56. The van der Waals surface area contributed by atoms with Crippen molar-refractivity contribution in [1.82, 2.24) is 4.72 Å². The van der Waals surface area contributed by atoms with E-state index in [0.29, 0.717) is 17.4 Å². The van der Waals surface area contributed by atoms with E-state index in [1.165, 1.54) is 0 Å². The summed E-state index contributed by atoms with van der Waals surface area (Å²) in [5.41, 5.74) is 0. The zero-order valence-corrected chi connectivity index (χ0v) is 12.1. The second-order valence-corrected chi connectivity index (χ2v) is 6.58. The van der Waals surface area contributed by atoms with Gasteiger partial charge in [-0.05, 0) is 17.4 Å². The molecule has 19 heavy (non-hydrogen) atoms. The van der Waals surface area contributed by atoms with Gasteiger partial charge in [-0.25, -0.2) is 13.1 Å². The number of hydrogen-bond donors (Lipinski definition) is 1. The molecule has 1 atom stereocenters. The maximum atomic E-state index is 12.4. The monoisotopic (exact) mass is 277 g/mol. The van der Waals surface area contributed by atoms with Gasteiger partial charge in [-0.1, -0.05) is 56.7 Å². The summed E-state index contributed by atoms with van der Waals surface area (Å²) in [4.78, 5) is 0.355. The molecule has 3 nitrogen and oxygen atoms in total. The van der Waals surface area contributed by atoms with Crippen LogP contribution in [-0.2, 0) is 10.0 Å². The van der Waals surface area contributed by atoms with E-state index in [2.05, 4.69) is 11.6 Å². The van der Waals surface area contributed by atoms with Gasteiger partial charge in [0.25, 0.3) is 0 Å². The van der Waals surface area contributed by atoms with Gasteiger partial charge in [0.15, 0.2) is 0 Å². The van der Waals surface area contributed by atoms with E-state index in [9.17, 15) is 8.42 Å². The second kappa shape index (κ2) is 5.72. The summed E-state index contributed by atoms with van der Waals surface area (Å²) >= 11 is 0. The Labute approximate surface area is 114 Å². The van der Waals surface area contributed by atoms with Crippen LogP contribution in [0.3, 0.4) is 0 Å². The SMILES string of the molecule is CCC(C)CNS(=O)(=O)c1cccc2ccccc12. The molecule has 0 aliphatic heterocycles. The van der Waals surface area contributed by atoms with E-state index < -0.39 is 10.0 Å². The van der Waals surface area contributed by atoms with Gasteiger partial charge >= 0.3 is 0 Å². The molecular weight excluding hydrogens is 258 g/mol. The first-order valence-corrected chi connectivity index (χ1v) is 8.00. The predicted molar refractivity (Wildman–Crippen MR) is 78.6 cm³/mol. The first-order valence-electron chi connectivity index (χ1n) is 6.52. The Morgan fingerprint density at radius 2 is 1.79 bits per heavy atom. The molecule has 0 spiro atoms. The standard InChI is InChI=1S/C15H19NO2S/c1-3-12(2)11-16-19(17,18)15-10-6-8-13-7-4-5-9-14(13)15/h4-10,12,16H,3,11H2,1-2H3. The quantitative estimate of drug-likeness (QED) is 0.912. The molecular formula is C15H19NO2S. The lowest BCUT2D eigenvalue weighted by molar-refractivity contribution is 0.529. The number of sulfonamides is 1. The van der Waals surface area contributed by atoms with Crippen molar-refractivity contribution in [3.8, 4) is 0 Å². The van der Waals surface area contributed by atoms with Crippen LogP contribution >= 0.6 is 0 Å². The van der Waals surface area contributed by atoms with Crippen molar-refractivity contribution in [1.29, 1.82) is 0 Å². The minimum absolute atomic E-state index is 0.338. The molecule has 0 amide bonds. The zero-order valence-electron chi connectivity index (χ0n) is 11.3. The topological polar surface area (TPSA) is 46.2 Å². The summed E-state index contributed by atoms with van der Waals surface area (Å²) in [6.07, 6.45) is 0.956. The van der Waals surface area contributed by atoms with Crippen LogP contribution in [0.25, 0.3) is 10.8 Å². The normalized spacial score (nSPS) is 13.6. The molecule has 2 aromatic rings. The fourth-order valence-electron chi connectivity index (χ4n) is 1.90. The Hall–Kier alpha value is -1.39. The molecule has 0 aliphatic carbocycles. The number of benzene rings is 2. The summed E-state index contributed by atoms with van der Waals surface area (Å²) in [5.74, 6) is 0.338. The fraction of sp³-hybridized carbons (Fsp3) is 0.333. The van der Waals surface area contributed by atoms with E-state index in [4.69, 9.17) is 0 Å². The van der Waals surface area contributed by atoms with Crippen LogP contribution in [-0.4, -0.2) is 15.0 Å². The minimum Gasteiger partial charge on any atom is -0.211 e. The smallest absolute Gasteiger partial charge is 0.211 e. The first-order chi connectivity index (χ1) is 9.04. The van der Waals surface area contributed by atoms with Gasteiger partial charge < -0.3 is 0 Å². The van der Waals surface area contributed by atoms with Gasteiger partial charge in [0, 0.05) is 11.9 Å². The zero-order chi connectivity index (χ0) is 13.9. The van der Waals surface area contributed by atoms with Crippen molar-refractivity contribution in [2.75, 3.05) is 6.54 Å². The number of hydrogen-bond acceptors (Lipinski definition) is 2. The lowest BCUT2D eigenvalue weighted by Crippen LogP contribution is -2.28. The summed E-state index contributed by atoms with van der Waals surface area (Å²) < 4.78 is 27.4. The van der Waals surface area contributed by atoms with Gasteiger partial charge in [-0.2, -0.15) is 0 Å². The number of fused-ring (bicyclic) bond motifs is 1. The van der Waals surface area contributed by atoms with Gasteiger partial charge in [-0.15, -0.1) is 0 Å². The molecule has 1 unspecified atom stereocenters. The second-order valence-electron chi connectivity index (χ2n) is 4.84. The van der Waals surface area contributed by atoms with Crippen molar-refractivity contribution >= 4 is 20.8 Å². The van der Waals surface area contributed by atoms with Crippen LogP contribution in [0.15, 0.2) is 47.4 Å². The molecule has 0 radical (unpaired) electrons. The van der Waals surface area contributed by atoms with Gasteiger partial charge in [-0.3, -0.25) is 0 Å². The molecule has 0 bridgehead atoms. The average Bonchev–Trinajstić information content (AvgIpc) is 2.44. The highest BCUT2D eigenvalue weighted by Gasteiger charge is 2.17. The van der Waals surface area contributed by atoms with E-state index >= 15 is 0 Å².